The molecule has 0 N–H and O–H groups in total. The van der Waals surface area contributed by atoms with Crippen molar-refractivity contribution in [3.05, 3.63) is 21.4 Å². The summed E-state index contributed by atoms with van der Waals surface area (Å²) in [5.41, 5.74) is 0.893. The van der Waals surface area contributed by atoms with Gasteiger partial charge in [-0.15, -0.1) is 0 Å². The smallest absolute Gasteiger partial charge is 0.171 e. The summed E-state index contributed by atoms with van der Waals surface area (Å²) >= 11 is 9.55. The third kappa shape index (κ3) is 2.69. The number of pyridine rings is 1. The van der Waals surface area contributed by atoms with E-state index in [0.29, 0.717) is 15.4 Å². The number of nitrogens with zero attached hydrogens (tertiary/aromatic N) is 1. The second-order valence-electron chi connectivity index (χ2n) is 4.52. The van der Waals surface area contributed by atoms with Crippen molar-refractivity contribution in [3.63, 3.8) is 0 Å². The molecule has 0 unspecified atom stereocenters. The van der Waals surface area contributed by atoms with Crippen LogP contribution in [0.4, 0.5) is 0 Å². The maximum absolute atomic E-state index is 6.15. The van der Waals surface area contributed by atoms with Crippen LogP contribution in [0.25, 0.3) is 0 Å². The molecule has 0 bridgehead atoms. The molecule has 0 aliphatic heterocycles. The predicted molar refractivity (Wildman–Crippen MR) is 69.1 cm³/mol. The van der Waals surface area contributed by atoms with E-state index in [0.717, 1.165) is 24.5 Å². The summed E-state index contributed by atoms with van der Waals surface area (Å²) in [5.74, 6) is 1.44. The molecule has 88 valence electrons. The quantitative estimate of drug-likeness (QED) is 0.757. The van der Waals surface area contributed by atoms with E-state index < -0.39 is 0 Å². The molecule has 0 spiro atoms. The lowest BCUT2D eigenvalue weighted by Crippen LogP contribution is -2.12. The first-order valence-corrected chi connectivity index (χ1v) is 6.72. The molecule has 2 nitrogen and oxygen atoms in total. The van der Waals surface area contributed by atoms with Gasteiger partial charge in [0.15, 0.2) is 5.75 Å². The van der Waals surface area contributed by atoms with E-state index in [2.05, 4.69) is 27.8 Å². The highest BCUT2D eigenvalue weighted by Gasteiger charge is 2.24. The highest BCUT2D eigenvalue weighted by Crippen LogP contribution is 2.36. The lowest BCUT2D eigenvalue weighted by atomic mass is 10.1. The van der Waals surface area contributed by atoms with Gasteiger partial charge in [0.05, 0.1) is 11.1 Å². The SMILES string of the molecule is Cc1cc(Cl)c(O[C@@H]2CC[C@H](C)C2)c(Br)n1. The van der Waals surface area contributed by atoms with Gasteiger partial charge in [0, 0.05) is 5.69 Å². The number of hydrogen-bond acceptors (Lipinski definition) is 2. The summed E-state index contributed by atoms with van der Waals surface area (Å²) in [5, 5.41) is 0.638. The molecule has 0 saturated heterocycles. The van der Waals surface area contributed by atoms with Gasteiger partial charge in [0.25, 0.3) is 0 Å². The van der Waals surface area contributed by atoms with Crippen molar-refractivity contribution in [2.24, 2.45) is 5.92 Å². The standard InChI is InChI=1S/C12H15BrClNO/c1-7-3-4-9(5-7)16-11-10(14)6-8(2)15-12(11)13/h6-7,9H,3-5H2,1-2H3/t7-,9+/m0/s1. The molecule has 4 heteroatoms. The van der Waals surface area contributed by atoms with Crippen LogP contribution in [0.5, 0.6) is 5.75 Å². The Bertz CT molecular complexity index is 374. The van der Waals surface area contributed by atoms with Crippen molar-refractivity contribution >= 4 is 27.5 Å². The third-order valence-electron chi connectivity index (χ3n) is 2.95. The first kappa shape index (κ1) is 12.2. The predicted octanol–water partition coefficient (Wildman–Crippen LogP) is 4.37. The van der Waals surface area contributed by atoms with Crippen LogP contribution in [0.3, 0.4) is 0 Å². The Kier molecular flexibility index (Phi) is 3.75. The van der Waals surface area contributed by atoms with Crippen LogP contribution in [0.15, 0.2) is 10.7 Å². The summed E-state index contributed by atoms with van der Waals surface area (Å²) in [4.78, 5) is 4.30. The minimum absolute atomic E-state index is 0.285. The van der Waals surface area contributed by atoms with Crippen LogP contribution in [0.2, 0.25) is 5.02 Å². The molecule has 1 fully saturated rings. The van der Waals surface area contributed by atoms with E-state index >= 15 is 0 Å². The van der Waals surface area contributed by atoms with Crippen LogP contribution in [-0.4, -0.2) is 11.1 Å². The lowest BCUT2D eigenvalue weighted by Gasteiger charge is -2.16. The van der Waals surface area contributed by atoms with E-state index in [1.54, 1.807) is 0 Å². The van der Waals surface area contributed by atoms with Crippen LogP contribution in [0.1, 0.15) is 31.9 Å². The zero-order valence-electron chi connectivity index (χ0n) is 9.46. The summed E-state index contributed by atoms with van der Waals surface area (Å²) in [7, 11) is 0. The van der Waals surface area contributed by atoms with Crippen molar-refractivity contribution in [1.29, 1.82) is 0 Å². The Balaban J connectivity index is 2.15. The highest BCUT2D eigenvalue weighted by molar-refractivity contribution is 9.10. The van der Waals surface area contributed by atoms with Gasteiger partial charge in [0.2, 0.25) is 0 Å². The molecule has 0 amide bonds. The molecule has 16 heavy (non-hydrogen) atoms. The van der Waals surface area contributed by atoms with Crippen LogP contribution >= 0.6 is 27.5 Å². The number of hydrogen-bond donors (Lipinski definition) is 0. The van der Waals surface area contributed by atoms with Gasteiger partial charge >= 0.3 is 0 Å². The van der Waals surface area contributed by atoms with E-state index in [9.17, 15) is 0 Å². The Hall–Kier alpha value is -0.280. The molecule has 1 heterocycles. The van der Waals surface area contributed by atoms with Gasteiger partial charge in [-0.1, -0.05) is 18.5 Å². The molecule has 0 aromatic carbocycles. The molecule has 1 saturated carbocycles. The first-order valence-electron chi connectivity index (χ1n) is 5.55. The lowest BCUT2D eigenvalue weighted by molar-refractivity contribution is 0.203. The molecule has 1 aromatic rings. The Morgan fingerprint density at radius 1 is 1.50 bits per heavy atom. The van der Waals surface area contributed by atoms with E-state index in [4.69, 9.17) is 16.3 Å². The number of aryl methyl sites for hydroxylation is 1. The van der Waals surface area contributed by atoms with E-state index in [1.807, 2.05) is 13.0 Å². The fourth-order valence-corrected chi connectivity index (χ4v) is 3.11. The zero-order chi connectivity index (χ0) is 11.7. The fourth-order valence-electron chi connectivity index (χ4n) is 2.12. The van der Waals surface area contributed by atoms with Gasteiger partial charge in [-0.05, 0) is 54.1 Å². The monoisotopic (exact) mass is 303 g/mol. The van der Waals surface area contributed by atoms with Crippen molar-refractivity contribution < 1.29 is 4.74 Å². The molecule has 2 rings (SSSR count). The average Bonchev–Trinajstić information content (AvgIpc) is 2.58. The molecule has 1 aliphatic carbocycles. The van der Waals surface area contributed by atoms with Gasteiger partial charge < -0.3 is 4.74 Å². The van der Waals surface area contributed by atoms with Gasteiger partial charge in [-0.3, -0.25) is 0 Å². The molecule has 0 radical (unpaired) electrons. The van der Waals surface area contributed by atoms with Crippen LogP contribution < -0.4 is 4.74 Å². The topological polar surface area (TPSA) is 22.1 Å². The highest BCUT2D eigenvalue weighted by atomic mass is 79.9. The average molecular weight is 305 g/mol. The van der Waals surface area contributed by atoms with Gasteiger partial charge in [-0.25, -0.2) is 4.98 Å². The molecular formula is C12H15BrClNO. The number of ether oxygens (including phenoxy) is 1. The second kappa shape index (κ2) is 4.92. The molecular weight excluding hydrogens is 289 g/mol. The van der Waals surface area contributed by atoms with Crippen LogP contribution in [0, 0.1) is 12.8 Å². The first-order chi connectivity index (χ1) is 7.56. The van der Waals surface area contributed by atoms with Crippen molar-refractivity contribution in [2.75, 3.05) is 0 Å². The largest absolute Gasteiger partial charge is 0.486 e. The minimum atomic E-state index is 0.285. The fraction of sp³-hybridized carbons (Fsp3) is 0.583. The Morgan fingerprint density at radius 2 is 2.25 bits per heavy atom. The molecule has 1 aromatic heterocycles. The second-order valence-corrected chi connectivity index (χ2v) is 5.68. The Morgan fingerprint density at radius 3 is 2.81 bits per heavy atom. The Labute approximate surface area is 109 Å². The van der Waals surface area contributed by atoms with Crippen molar-refractivity contribution in [2.45, 2.75) is 39.2 Å². The summed E-state index contributed by atoms with van der Waals surface area (Å²) in [6.07, 6.45) is 3.74. The normalized spacial score (nSPS) is 24.8. The van der Waals surface area contributed by atoms with E-state index in [1.165, 1.54) is 6.42 Å². The molecule has 2 atom stereocenters. The maximum atomic E-state index is 6.15. The van der Waals surface area contributed by atoms with Crippen LogP contribution in [-0.2, 0) is 0 Å². The van der Waals surface area contributed by atoms with Crippen molar-refractivity contribution in [3.8, 4) is 5.75 Å². The summed E-state index contributed by atoms with van der Waals surface area (Å²) in [6, 6.07) is 1.83. The summed E-state index contributed by atoms with van der Waals surface area (Å²) in [6.45, 7) is 4.17. The minimum Gasteiger partial charge on any atom is -0.486 e. The van der Waals surface area contributed by atoms with Gasteiger partial charge in [0.1, 0.15) is 4.60 Å². The number of aromatic nitrogens is 1. The summed E-state index contributed by atoms with van der Waals surface area (Å²) < 4.78 is 6.63. The maximum Gasteiger partial charge on any atom is 0.171 e. The number of rotatable bonds is 2. The molecule has 1 aliphatic rings. The van der Waals surface area contributed by atoms with E-state index in [-0.39, 0.29) is 6.10 Å². The zero-order valence-corrected chi connectivity index (χ0v) is 11.8. The van der Waals surface area contributed by atoms with Gasteiger partial charge in [-0.2, -0.15) is 0 Å². The third-order valence-corrected chi connectivity index (χ3v) is 3.76. The van der Waals surface area contributed by atoms with Crippen molar-refractivity contribution in [1.82, 2.24) is 4.98 Å². The number of halogens is 2.